The van der Waals surface area contributed by atoms with E-state index in [9.17, 15) is 30.0 Å². The van der Waals surface area contributed by atoms with E-state index in [4.69, 9.17) is 4.74 Å². The van der Waals surface area contributed by atoms with E-state index in [1.165, 1.54) is 36.4 Å². The number of halogens is 3. The van der Waals surface area contributed by atoms with Crippen molar-refractivity contribution in [1.82, 2.24) is 4.72 Å². The molecule has 0 atom stereocenters. The molecule has 206 valence electrons. The van der Waals surface area contributed by atoms with Crippen molar-refractivity contribution in [1.29, 1.82) is 0 Å². The lowest BCUT2D eigenvalue weighted by atomic mass is 9.87. The Morgan fingerprint density at radius 2 is 1.68 bits per heavy atom. The molecule has 0 radical (unpaired) electrons. The number of aryl methyl sites for hydroxylation is 1. The van der Waals surface area contributed by atoms with Gasteiger partial charge in [-0.3, -0.25) is 4.72 Å². The average molecular weight is 563 g/mol. The molecule has 0 aromatic heterocycles. The molecule has 0 unspecified atom stereocenters. The Morgan fingerprint density at radius 1 is 1.03 bits per heavy atom. The van der Waals surface area contributed by atoms with Crippen molar-refractivity contribution >= 4 is 25.7 Å². The van der Waals surface area contributed by atoms with Gasteiger partial charge in [-0.05, 0) is 69.7 Å². The van der Waals surface area contributed by atoms with Crippen LogP contribution >= 0.6 is 0 Å². The number of benzene rings is 2. The molecule has 1 fully saturated rings. The zero-order valence-corrected chi connectivity index (χ0v) is 22.7. The van der Waals surface area contributed by atoms with Gasteiger partial charge in [-0.1, -0.05) is 18.2 Å². The van der Waals surface area contributed by atoms with Crippen LogP contribution in [0.2, 0.25) is 0 Å². The van der Waals surface area contributed by atoms with E-state index < -0.39 is 43.1 Å². The summed E-state index contributed by atoms with van der Waals surface area (Å²) in [6.45, 7) is 5.14. The predicted octanol–water partition coefficient (Wildman–Crippen LogP) is 5.09. The minimum absolute atomic E-state index is 0.0388. The van der Waals surface area contributed by atoms with Crippen LogP contribution in [-0.4, -0.2) is 40.7 Å². The molecule has 2 aromatic rings. The molecular formula is C25H33F3N2O5S2. The van der Waals surface area contributed by atoms with Gasteiger partial charge in [0.2, 0.25) is 26.0 Å². The van der Waals surface area contributed by atoms with Crippen LogP contribution in [0.5, 0.6) is 5.75 Å². The lowest BCUT2D eigenvalue weighted by Crippen LogP contribution is -2.40. The lowest BCUT2D eigenvalue weighted by Gasteiger charge is -2.28. The van der Waals surface area contributed by atoms with E-state index in [1.807, 2.05) is 0 Å². The summed E-state index contributed by atoms with van der Waals surface area (Å²) < 4.78 is 103. The number of ether oxygens (including phenoxy) is 1. The Morgan fingerprint density at radius 3 is 2.32 bits per heavy atom. The fraction of sp³-hybridized carbons (Fsp3) is 0.520. The van der Waals surface area contributed by atoms with Crippen LogP contribution in [0.1, 0.15) is 52.0 Å². The molecule has 0 bridgehead atoms. The second kappa shape index (κ2) is 11.2. The van der Waals surface area contributed by atoms with Crippen LogP contribution < -0.4 is 14.2 Å². The zero-order chi connectivity index (χ0) is 27.5. The molecule has 0 amide bonds. The highest BCUT2D eigenvalue weighted by atomic mass is 32.2. The maximum atomic E-state index is 13.9. The highest BCUT2D eigenvalue weighted by Crippen LogP contribution is 2.36. The van der Waals surface area contributed by atoms with Gasteiger partial charge in [-0.25, -0.2) is 34.7 Å². The van der Waals surface area contributed by atoms with Crippen LogP contribution in [-0.2, 0) is 26.5 Å². The van der Waals surface area contributed by atoms with Gasteiger partial charge in [0.1, 0.15) is 16.5 Å². The summed E-state index contributed by atoms with van der Waals surface area (Å²) in [6, 6.07) is 9.41. The Labute approximate surface area is 216 Å². The van der Waals surface area contributed by atoms with Crippen molar-refractivity contribution in [3.8, 4) is 5.75 Å². The minimum atomic E-state index is -4.01. The topological polar surface area (TPSA) is 102 Å². The molecule has 0 spiro atoms. The molecular weight excluding hydrogens is 529 g/mol. The molecule has 0 heterocycles. The molecule has 2 N–H and O–H groups in total. The first-order chi connectivity index (χ1) is 17.1. The number of alkyl halides is 2. The summed E-state index contributed by atoms with van der Waals surface area (Å²) >= 11 is 0. The van der Waals surface area contributed by atoms with E-state index in [-0.39, 0.29) is 48.1 Å². The van der Waals surface area contributed by atoms with E-state index in [0.29, 0.717) is 18.4 Å². The highest BCUT2D eigenvalue weighted by Gasteiger charge is 2.35. The Kier molecular flexibility index (Phi) is 8.86. The van der Waals surface area contributed by atoms with E-state index in [0.717, 1.165) is 6.07 Å². The number of hydrogen-bond acceptors (Lipinski definition) is 5. The van der Waals surface area contributed by atoms with Crippen LogP contribution in [0.3, 0.4) is 0 Å². The number of nitrogens with one attached hydrogen (secondary N) is 2. The van der Waals surface area contributed by atoms with E-state index in [1.54, 1.807) is 20.8 Å². The Hall–Kier alpha value is -2.31. The summed E-state index contributed by atoms with van der Waals surface area (Å²) in [5.74, 6) is -3.60. The third kappa shape index (κ3) is 8.89. The normalized spacial score (nSPS) is 16.9. The maximum absolute atomic E-state index is 13.9. The number of rotatable bonds is 10. The molecule has 37 heavy (non-hydrogen) atoms. The van der Waals surface area contributed by atoms with Gasteiger partial charge in [-0.2, -0.15) is 0 Å². The first kappa shape index (κ1) is 29.2. The van der Waals surface area contributed by atoms with Crippen molar-refractivity contribution in [2.75, 3.05) is 17.1 Å². The first-order valence-electron chi connectivity index (χ1n) is 12.0. The van der Waals surface area contributed by atoms with Gasteiger partial charge in [0.25, 0.3) is 0 Å². The fourth-order valence-electron chi connectivity index (χ4n) is 4.05. The van der Waals surface area contributed by atoms with Gasteiger partial charge in [0, 0.05) is 24.4 Å². The molecule has 0 aliphatic heterocycles. The monoisotopic (exact) mass is 562 g/mol. The highest BCUT2D eigenvalue weighted by molar-refractivity contribution is 7.93. The molecule has 0 saturated heterocycles. The zero-order valence-electron chi connectivity index (χ0n) is 21.1. The van der Waals surface area contributed by atoms with Crippen LogP contribution in [0.25, 0.3) is 0 Å². The number of para-hydroxylation sites is 1. The van der Waals surface area contributed by atoms with Crippen molar-refractivity contribution in [2.45, 2.75) is 69.2 Å². The molecule has 1 saturated carbocycles. The summed E-state index contributed by atoms with van der Waals surface area (Å²) in [7, 11) is -8.02. The summed E-state index contributed by atoms with van der Waals surface area (Å²) in [4.78, 5) is -0.211. The third-order valence-electron chi connectivity index (χ3n) is 5.86. The fourth-order valence-corrected chi connectivity index (χ4v) is 6.80. The van der Waals surface area contributed by atoms with Crippen molar-refractivity contribution in [3.63, 3.8) is 0 Å². The molecule has 3 rings (SSSR count). The number of sulfonamides is 2. The van der Waals surface area contributed by atoms with Gasteiger partial charge in [0.05, 0.1) is 18.0 Å². The average Bonchev–Trinajstić information content (AvgIpc) is 2.76. The lowest BCUT2D eigenvalue weighted by molar-refractivity contribution is -0.0499. The quantitative estimate of drug-likeness (QED) is 0.420. The number of anilines is 1. The third-order valence-corrected chi connectivity index (χ3v) is 8.95. The molecule has 7 nitrogen and oxygen atoms in total. The predicted molar refractivity (Wildman–Crippen MR) is 136 cm³/mol. The van der Waals surface area contributed by atoms with Crippen molar-refractivity contribution in [2.24, 2.45) is 5.92 Å². The first-order valence-corrected chi connectivity index (χ1v) is 15.1. The van der Waals surface area contributed by atoms with E-state index >= 15 is 0 Å². The molecule has 1 aliphatic carbocycles. The minimum Gasteiger partial charge on any atom is -0.493 e. The van der Waals surface area contributed by atoms with Gasteiger partial charge in [0.15, 0.2) is 0 Å². The summed E-state index contributed by atoms with van der Waals surface area (Å²) in [5.41, 5.74) is -0.436. The van der Waals surface area contributed by atoms with Crippen LogP contribution in [0.4, 0.5) is 18.9 Å². The maximum Gasteiger partial charge on any atom is 0.248 e. The Balaban J connectivity index is 1.69. The SMILES string of the molecule is CC(C)(C)NS(=O)(=O)c1ccccc1NS(=O)(=O)CCc1ccc(F)cc1OCC1CCC(F)(F)CC1. The smallest absolute Gasteiger partial charge is 0.248 e. The van der Waals surface area contributed by atoms with Gasteiger partial charge >= 0.3 is 0 Å². The van der Waals surface area contributed by atoms with Gasteiger partial charge in [-0.15, -0.1) is 0 Å². The summed E-state index contributed by atoms with van der Waals surface area (Å²) in [5, 5.41) is 0. The number of hydrogen-bond donors (Lipinski definition) is 2. The largest absolute Gasteiger partial charge is 0.493 e. The standard InChI is InChI=1S/C25H33F3N2O5S2/c1-24(2,3)30-37(33,34)23-7-5-4-6-21(23)29-36(31,32)15-12-19-8-9-20(26)16-22(19)35-17-18-10-13-25(27,28)14-11-18/h4-9,16,18,29-30H,10-15,17H2,1-3H3. The molecule has 2 aromatic carbocycles. The Bertz CT molecular complexity index is 1300. The van der Waals surface area contributed by atoms with Crippen LogP contribution in [0, 0.1) is 11.7 Å². The molecule has 12 heteroatoms. The second-order valence-corrected chi connectivity index (χ2v) is 13.9. The van der Waals surface area contributed by atoms with Gasteiger partial charge < -0.3 is 4.74 Å². The second-order valence-electron chi connectivity index (χ2n) is 10.4. The van der Waals surface area contributed by atoms with Crippen molar-refractivity contribution < 1.29 is 34.7 Å². The van der Waals surface area contributed by atoms with Crippen LogP contribution in [0.15, 0.2) is 47.4 Å². The van der Waals surface area contributed by atoms with Crippen molar-refractivity contribution in [3.05, 3.63) is 53.8 Å². The van der Waals surface area contributed by atoms with E-state index in [2.05, 4.69) is 9.44 Å². The molecule has 1 aliphatic rings. The summed E-state index contributed by atoms with van der Waals surface area (Å²) in [6.07, 6.45) is 0.111.